The molecule has 1 aromatic carbocycles. The molecule has 0 saturated heterocycles. The van der Waals surface area contributed by atoms with Crippen molar-refractivity contribution in [2.24, 2.45) is 0 Å². The second-order valence-electron chi connectivity index (χ2n) is 5.02. The number of benzene rings is 1. The Morgan fingerprint density at radius 2 is 1.91 bits per heavy atom. The van der Waals surface area contributed by atoms with Crippen LogP contribution < -0.4 is 4.74 Å². The highest BCUT2D eigenvalue weighted by atomic mass is 32.2. The minimum atomic E-state index is -1.14. The molecule has 1 heterocycles. The van der Waals surface area contributed by atoms with Crippen LogP contribution in [-0.4, -0.2) is 53.5 Å². The third kappa shape index (κ3) is 3.24. The number of thioether (sulfide) groups is 1. The highest BCUT2D eigenvalue weighted by Crippen LogP contribution is 2.35. The quantitative estimate of drug-likeness (QED) is 0.798. The van der Waals surface area contributed by atoms with E-state index in [-0.39, 0.29) is 16.9 Å². The summed E-state index contributed by atoms with van der Waals surface area (Å²) in [5, 5.41) is 8.56. The molecule has 1 aliphatic heterocycles. The lowest BCUT2D eigenvalue weighted by molar-refractivity contribution is -0.137. The van der Waals surface area contributed by atoms with Gasteiger partial charge in [-0.2, -0.15) is 0 Å². The minimum absolute atomic E-state index is 0.0557. The Morgan fingerprint density at radius 1 is 1.30 bits per heavy atom. The fourth-order valence-electron chi connectivity index (χ4n) is 2.52. The second-order valence-corrected chi connectivity index (χ2v) is 5.94. The van der Waals surface area contributed by atoms with Crippen LogP contribution in [0.4, 0.5) is 0 Å². The number of carboxylic acid groups (broad SMARTS) is 1. The number of likely N-dealkylation sites (N-methyl/N-ethyl adjacent to an activating group) is 1. The molecule has 6 nitrogen and oxygen atoms in total. The van der Waals surface area contributed by atoms with E-state index in [0.29, 0.717) is 11.3 Å². The molecule has 0 bridgehead atoms. The molecule has 1 amide bonds. The van der Waals surface area contributed by atoms with Crippen LogP contribution >= 0.6 is 11.8 Å². The summed E-state index contributed by atoms with van der Waals surface area (Å²) in [4.78, 5) is 37.5. The molecule has 23 heavy (non-hydrogen) atoms. The van der Waals surface area contributed by atoms with Gasteiger partial charge in [0.15, 0.2) is 5.78 Å². The van der Waals surface area contributed by atoms with Crippen LogP contribution in [0.2, 0.25) is 0 Å². The monoisotopic (exact) mass is 335 g/mol. The molecule has 0 saturated carbocycles. The van der Waals surface area contributed by atoms with Crippen LogP contribution in [0.1, 0.15) is 16.8 Å². The standard InChI is InChI=1S/C16H17NO5S/c1-17-15(21)11(8-12(18)19)13(16(17)23-3)14(20)9-4-6-10(22-2)7-5-9/h4-7,16H,8H2,1-3H3,(H,18,19). The number of amides is 1. The van der Waals surface area contributed by atoms with Crippen molar-refractivity contribution < 1.29 is 24.2 Å². The Bertz CT molecular complexity index is 680. The molecule has 1 atom stereocenters. The van der Waals surface area contributed by atoms with E-state index in [1.165, 1.54) is 23.8 Å². The van der Waals surface area contributed by atoms with Gasteiger partial charge in [0, 0.05) is 23.8 Å². The van der Waals surface area contributed by atoms with Gasteiger partial charge in [0.05, 0.1) is 13.5 Å². The maximum absolute atomic E-state index is 12.8. The fourth-order valence-corrected chi connectivity index (χ4v) is 3.42. The van der Waals surface area contributed by atoms with Crippen molar-refractivity contribution in [1.29, 1.82) is 0 Å². The predicted molar refractivity (Wildman–Crippen MR) is 86.7 cm³/mol. The van der Waals surface area contributed by atoms with Gasteiger partial charge in [-0.25, -0.2) is 0 Å². The van der Waals surface area contributed by atoms with Crippen molar-refractivity contribution in [3.8, 4) is 5.75 Å². The maximum atomic E-state index is 12.8. The average molecular weight is 335 g/mol. The van der Waals surface area contributed by atoms with E-state index in [0.717, 1.165) is 0 Å². The van der Waals surface area contributed by atoms with Gasteiger partial charge in [0.25, 0.3) is 5.91 Å². The summed E-state index contributed by atoms with van der Waals surface area (Å²) in [5.41, 5.74) is 0.698. The number of carbonyl (C=O) groups excluding carboxylic acids is 2. The number of aliphatic carboxylic acids is 1. The zero-order valence-electron chi connectivity index (χ0n) is 13.0. The lowest BCUT2D eigenvalue weighted by Crippen LogP contribution is -2.30. The molecule has 7 heteroatoms. The van der Waals surface area contributed by atoms with E-state index in [1.807, 2.05) is 0 Å². The summed E-state index contributed by atoms with van der Waals surface area (Å²) >= 11 is 1.32. The Kier molecular flexibility index (Phi) is 5.10. The number of Topliss-reactive ketones (excluding diaryl/α,β-unsaturated/α-hetero) is 1. The first kappa shape index (κ1) is 17.1. The zero-order valence-corrected chi connectivity index (χ0v) is 13.8. The molecule has 0 aliphatic carbocycles. The van der Waals surface area contributed by atoms with E-state index in [2.05, 4.69) is 0 Å². The number of methoxy groups -OCH3 is 1. The first-order valence-corrected chi connectivity index (χ1v) is 8.13. The number of ketones is 1. The van der Waals surface area contributed by atoms with E-state index >= 15 is 0 Å². The summed E-state index contributed by atoms with van der Waals surface area (Å²) < 4.78 is 5.06. The smallest absolute Gasteiger partial charge is 0.308 e. The molecule has 122 valence electrons. The molecule has 0 spiro atoms. The molecule has 1 aliphatic rings. The second kappa shape index (κ2) is 6.87. The molecule has 0 aromatic heterocycles. The number of carbonyl (C=O) groups is 3. The van der Waals surface area contributed by atoms with Crippen LogP contribution in [0.3, 0.4) is 0 Å². The predicted octanol–water partition coefficient (Wildman–Crippen LogP) is 1.81. The lowest BCUT2D eigenvalue weighted by atomic mass is 9.98. The molecule has 1 aromatic rings. The van der Waals surface area contributed by atoms with Crippen molar-refractivity contribution in [2.45, 2.75) is 11.8 Å². The summed E-state index contributed by atoms with van der Waals surface area (Å²) in [5.74, 6) is -1.27. The maximum Gasteiger partial charge on any atom is 0.308 e. The van der Waals surface area contributed by atoms with Crippen molar-refractivity contribution in [3.63, 3.8) is 0 Å². The molecule has 0 fully saturated rings. The van der Waals surface area contributed by atoms with Crippen molar-refractivity contribution in [2.75, 3.05) is 20.4 Å². The summed E-state index contributed by atoms with van der Waals surface area (Å²) in [6.07, 6.45) is 1.32. The van der Waals surface area contributed by atoms with E-state index in [4.69, 9.17) is 9.84 Å². The van der Waals surface area contributed by atoms with Gasteiger partial charge in [-0.05, 0) is 30.5 Å². The van der Waals surface area contributed by atoms with Gasteiger partial charge in [0.2, 0.25) is 0 Å². The fraction of sp³-hybridized carbons (Fsp3) is 0.312. The van der Waals surface area contributed by atoms with Crippen molar-refractivity contribution in [1.82, 2.24) is 4.90 Å². The number of carboxylic acids is 1. The molecular formula is C16H17NO5S. The van der Waals surface area contributed by atoms with Gasteiger partial charge >= 0.3 is 5.97 Å². The molecule has 2 rings (SSSR count). The highest BCUT2D eigenvalue weighted by molar-refractivity contribution is 7.99. The Labute approximate surface area is 138 Å². The topological polar surface area (TPSA) is 83.9 Å². The molecule has 0 radical (unpaired) electrons. The lowest BCUT2D eigenvalue weighted by Gasteiger charge is -2.20. The number of rotatable bonds is 6. The minimum Gasteiger partial charge on any atom is -0.497 e. The van der Waals surface area contributed by atoms with E-state index in [1.54, 1.807) is 37.6 Å². The van der Waals surface area contributed by atoms with Crippen LogP contribution in [0.5, 0.6) is 5.75 Å². The van der Waals surface area contributed by atoms with Gasteiger partial charge in [0.1, 0.15) is 11.1 Å². The Balaban J connectivity index is 2.48. The third-order valence-corrected chi connectivity index (χ3v) is 4.65. The van der Waals surface area contributed by atoms with E-state index < -0.39 is 23.7 Å². The van der Waals surface area contributed by atoms with Gasteiger partial charge < -0.3 is 14.7 Å². The van der Waals surface area contributed by atoms with Gasteiger partial charge in [-0.3, -0.25) is 14.4 Å². The van der Waals surface area contributed by atoms with Crippen molar-refractivity contribution >= 4 is 29.4 Å². The number of ether oxygens (including phenoxy) is 1. The molecule has 1 unspecified atom stereocenters. The van der Waals surface area contributed by atoms with Gasteiger partial charge in [-0.1, -0.05) is 0 Å². The van der Waals surface area contributed by atoms with E-state index in [9.17, 15) is 14.4 Å². The van der Waals surface area contributed by atoms with Gasteiger partial charge in [-0.15, -0.1) is 11.8 Å². The van der Waals surface area contributed by atoms with Crippen LogP contribution in [-0.2, 0) is 9.59 Å². The SMILES string of the molecule is COc1ccc(C(=O)C2=C(CC(=O)O)C(=O)N(C)C2SC)cc1. The molecule has 1 N–H and O–H groups in total. The number of nitrogens with zero attached hydrogens (tertiary/aromatic N) is 1. The van der Waals surface area contributed by atoms with Crippen molar-refractivity contribution in [3.05, 3.63) is 41.0 Å². The summed E-state index contributed by atoms with van der Waals surface area (Å²) in [7, 11) is 3.10. The first-order valence-electron chi connectivity index (χ1n) is 6.84. The number of hydrogen-bond acceptors (Lipinski definition) is 5. The Morgan fingerprint density at radius 3 is 2.39 bits per heavy atom. The number of hydrogen-bond donors (Lipinski definition) is 1. The largest absolute Gasteiger partial charge is 0.497 e. The average Bonchev–Trinajstić information content (AvgIpc) is 2.78. The summed E-state index contributed by atoms with van der Waals surface area (Å²) in [6, 6.07) is 6.51. The van der Waals surface area contributed by atoms with Crippen LogP contribution in [0.25, 0.3) is 0 Å². The molecular weight excluding hydrogens is 318 g/mol. The third-order valence-electron chi connectivity index (χ3n) is 3.65. The summed E-state index contributed by atoms with van der Waals surface area (Å²) in [6.45, 7) is 0. The van der Waals surface area contributed by atoms with Crippen LogP contribution in [0, 0.1) is 0 Å². The Hall–Kier alpha value is -2.28. The first-order chi connectivity index (χ1) is 10.9. The van der Waals surface area contributed by atoms with Crippen LogP contribution in [0.15, 0.2) is 35.4 Å². The highest BCUT2D eigenvalue weighted by Gasteiger charge is 2.40. The zero-order chi connectivity index (χ0) is 17.1. The normalized spacial score (nSPS) is 17.6.